The number of aromatic nitrogens is 2. The fourth-order valence-corrected chi connectivity index (χ4v) is 5.08. The Bertz CT molecular complexity index is 620. The van der Waals surface area contributed by atoms with E-state index >= 15 is 0 Å². The van der Waals surface area contributed by atoms with Gasteiger partial charge in [0, 0.05) is 17.3 Å². The smallest absolute Gasteiger partial charge is 0.272 e. The van der Waals surface area contributed by atoms with Crippen LogP contribution in [0.1, 0.15) is 35.1 Å². The van der Waals surface area contributed by atoms with Crippen molar-refractivity contribution in [2.75, 3.05) is 11.5 Å². The van der Waals surface area contributed by atoms with E-state index in [-0.39, 0.29) is 29.4 Å². The maximum absolute atomic E-state index is 12.2. The fraction of sp³-hybridized carbons (Fsp3) is 0.667. The summed E-state index contributed by atoms with van der Waals surface area (Å²) in [5.74, 6) is -0.113. The average molecular weight is 283 g/mol. The first-order chi connectivity index (χ1) is 8.96. The Kier molecular flexibility index (Phi) is 2.88. The van der Waals surface area contributed by atoms with Gasteiger partial charge in [0.25, 0.3) is 5.91 Å². The highest BCUT2D eigenvalue weighted by Gasteiger charge is 2.36. The molecule has 3 rings (SSSR count). The van der Waals surface area contributed by atoms with E-state index in [0.29, 0.717) is 5.69 Å². The molecule has 0 radical (unpaired) electrons. The summed E-state index contributed by atoms with van der Waals surface area (Å²) in [5, 5.41) is 9.76. The molecule has 0 saturated carbocycles. The molecule has 7 heteroatoms. The maximum Gasteiger partial charge on any atom is 0.272 e. The molecule has 1 saturated heterocycles. The Hall–Kier alpha value is -1.37. The second-order valence-corrected chi connectivity index (χ2v) is 7.67. The van der Waals surface area contributed by atoms with E-state index in [1.165, 1.54) is 0 Å². The second kappa shape index (κ2) is 4.33. The number of carbonyl (C=O) groups excluding carboxylic acids is 1. The minimum absolute atomic E-state index is 0.0342. The van der Waals surface area contributed by atoms with Crippen molar-refractivity contribution >= 4 is 15.7 Å². The molecule has 1 aliphatic heterocycles. The number of carbonyl (C=O) groups is 1. The molecule has 19 heavy (non-hydrogen) atoms. The van der Waals surface area contributed by atoms with Gasteiger partial charge in [0.2, 0.25) is 0 Å². The third kappa shape index (κ3) is 2.27. The molecule has 0 aromatic carbocycles. The first kappa shape index (κ1) is 12.7. The number of amides is 1. The molecule has 1 amide bonds. The summed E-state index contributed by atoms with van der Waals surface area (Å²) in [5.41, 5.74) is 2.47. The number of hydrogen-bond acceptors (Lipinski definition) is 4. The van der Waals surface area contributed by atoms with Gasteiger partial charge in [-0.05, 0) is 25.2 Å². The molecule has 2 atom stereocenters. The lowest BCUT2D eigenvalue weighted by Crippen LogP contribution is -2.39. The fourth-order valence-electron chi connectivity index (χ4n) is 2.95. The summed E-state index contributed by atoms with van der Waals surface area (Å²) in [7, 11) is -3.01. The number of nitrogens with one attached hydrogen (secondary N) is 2. The lowest BCUT2D eigenvalue weighted by molar-refractivity contribution is 0.0927. The van der Waals surface area contributed by atoms with Crippen LogP contribution < -0.4 is 5.32 Å². The highest BCUT2D eigenvalue weighted by Crippen LogP contribution is 2.24. The van der Waals surface area contributed by atoms with Crippen LogP contribution in [0.3, 0.4) is 0 Å². The molecular formula is C12H17N3O3S. The Balaban J connectivity index is 1.75. The summed E-state index contributed by atoms with van der Waals surface area (Å²) < 4.78 is 23.1. The molecule has 0 bridgehead atoms. The first-order valence-corrected chi connectivity index (χ1v) is 8.36. The van der Waals surface area contributed by atoms with E-state index in [2.05, 4.69) is 15.5 Å². The van der Waals surface area contributed by atoms with Gasteiger partial charge in [0.1, 0.15) is 0 Å². The lowest BCUT2D eigenvalue weighted by atomic mass is 10.1. The molecule has 1 fully saturated rings. The number of rotatable bonds is 2. The van der Waals surface area contributed by atoms with Gasteiger partial charge in [0.15, 0.2) is 15.5 Å². The number of aryl methyl sites for hydroxylation is 1. The van der Waals surface area contributed by atoms with E-state index in [4.69, 9.17) is 0 Å². The summed E-state index contributed by atoms with van der Waals surface area (Å²) in [4.78, 5) is 12.2. The van der Waals surface area contributed by atoms with E-state index in [1.54, 1.807) is 0 Å². The van der Waals surface area contributed by atoms with Gasteiger partial charge < -0.3 is 5.32 Å². The van der Waals surface area contributed by atoms with Gasteiger partial charge in [-0.3, -0.25) is 9.89 Å². The molecule has 2 heterocycles. The van der Waals surface area contributed by atoms with Crippen LogP contribution in [0, 0.1) is 5.92 Å². The van der Waals surface area contributed by atoms with E-state index in [1.807, 2.05) is 6.92 Å². The SMILES string of the molecule is C[C@H]1CS(=O)(=O)C[C@H]1NC(=O)c1n[nH]c2c1CCC2. The predicted octanol–water partition coefficient (Wildman–Crippen LogP) is 0.0613. The highest BCUT2D eigenvalue weighted by atomic mass is 32.2. The second-order valence-electron chi connectivity index (χ2n) is 5.52. The minimum atomic E-state index is -3.01. The number of sulfone groups is 1. The van der Waals surface area contributed by atoms with Gasteiger partial charge in [-0.25, -0.2) is 8.42 Å². The van der Waals surface area contributed by atoms with Crippen molar-refractivity contribution in [3.05, 3.63) is 17.0 Å². The third-order valence-electron chi connectivity index (χ3n) is 3.98. The Labute approximate surface area is 111 Å². The molecular weight excluding hydrogens is 266 g/mol. The zero-order valence-electron chi connectivity index (χ0n) is 10.8. The molecule has 0 unspecified atom stereocenters. The molecule has 1 aliphatic carbocycles. The summed E-state index contributed by atoms with van der Waals surface area (Å²) in [6.07, 6.45) is 2.84. The summed E-state index contributed by atoms with van der Waals surface area (Å²) in [6, 6.07) is -0.300. The number of hydrogen-bond donors (Lipinski definition) is 2. The predicted molar refractivity (Wildman–Crippen MR) is 69.7 cm³/mol. The first-order valence-electron chi connectivity index (χ1n) is 6.53. The van der Waals surface area contributed by atoms with Crippen LogP contribution in [0.2, 0.25) is 0 Å². The number of nitrogens with zero attached hydrogens (tertiary/aromatic N) is 1. The number of H-pyrrole nitrogens is 1. The van der Waals surface area contributed by atoms with E-state index in [0.717, 1.165) is 30.5 Å². The zero-order chi connectivity index (χ0) is 13.6. The van der Waals surface area contributed by atoms with Crippen molar-refractivity contribution in [1.82, 2.24) is 15.5 Å². The van der Waals surface area contributed by atoms with Crippen molar-refractivity contribution in [1.29, 1.82) is 0 Å². The van der Waals surface area contributed by atoms with Crippen molar-refractivity contribution in [3.8, 4) is 0 Å². The van der Waals surface area contributed by atoms with Crippen LogP contribution in [-0.2, 0) is 22.7 Å². The van der Waals surface area contributed by atoms with Crippen molar-refractivity contribution < 1.29 is 13.2 Å². The monoisotopic (exact) mass is 283 g/mol. The third-order valence-corrected chi connectivity index (χ3v) is 5.88. The van der Waals surface area contributed by atoms with Crippen LogP contribution in [0.4, 0.5) is 0 Å². The standard InChI is InChI=1S/C12H17N3O3S/c1-7-5-19(17,18)6-10(7)13-12(16)11-8-3-2-4-9(8)14-15-11/h7,10H,2-6H2,1H3,(H,13,16)(H,14,15)/t7-,10+/m0/s1. The number of aromatic amines is 1. The molecule has 1 aromatic heterocycles. The van der Waals surface area contributed by atoms with Crippen LogP contribution >= 0.6 is 0 Å². The van der Waals surface area contributed by atoms with Crippen LogP contribution in [0.5, 0.6) is 0 Å². The molecule has 104 valence electrons. The van der Waals surface area contributed by atoms with Crippen LogP contribution in [0.25, 0.3) is 0 Å². The molecule has 6 nitrogen and oxygen atoms in total. The largest absolute Gasteiger partial charge is 0.347 e. The Morgan fingerprint density at radius 2 is 2.16 bits per heavy atom. The van der Waals surface area contributed by atoms with Gasteiger partial charge >= 0.3 is 0 Å². The normalized spacial score (nSPS) is 28.3. The van der Waals surface area contributed by atoms with Crippen LogP contribution in [0.15, 0.2) is 0 Å². The molecule has 2 aliphatic rings. The molecule has 2 N–H and O–H groups in total. The topological polar surface area (TPSA) is 91.9 Å². The van der Waals surface area contributed by atoms with Gasteiger partial charge in [-0.15, -0.1) is 0 Å². The Morgan fingerprint density at radius 1 is 1.37 bits per heavy atom. The van der Waals surface area contributed by atoms with Crippen molar-refractivity contribution in [3.63, 3.8) is 0 Å². The van der Waals surface area contributed by atoms with Gasteiger partial charge in [-0.2, -0.15) is 5.10 Å². The molecule has 1 aromatic rings. The van der Waals surface area contributed by atoms with Gasteiger partial charge in [0.05, 0.1) is 11.5 Å². The van der Waals surface area contributed by atoms with Crippen molar-refractivity contribution in [2.24, 2.45) is 5.92 Å². The average Bonchev–Trinajstić information content (AvgIpc) is 2.92. The van der Waals surface area contributed by atoms with E-state index < -0.39 is 9.84 Å². The van der Waals surface area contributed by atoms with Crippen LogP contribution in [-0.4, -0.2) is 42.1 Å². The summed E-state index contributed by atoms with van der Waals surface area (Å²) in [6.45, 7) is 1.85. The minimum Gasteiger partial charge on any atom is -0.347 e. The zero-order valence-corrected chi connectivity index (χ0v) is 11.6. The maximum atomic E-state index is 12.2. The Morgan fingerprint density at radius 3 is 2.84 bits per heavy atom. The van der Waals surface area contributed by atoms with E-state index in [9.17, 15) is 13.2 Å². The quantitative estimate of drug-likeness (QED) is 0.803. The summed E-state index contributed by atoms with van der Waals surface area (Å²) >= 11 is 0. The highest BCUT2D eigenvalue weighted by molar-refractivity contribution is 7.91. The lowest BCUT2D eigenvalue weighted by Gasteiger charge is -2.15. The molecule has 0 spiro atoms. The van der Waals surface area contributed by atoms with Crippen molar-refractivity contribution in [2.45, 2.75) is 32.2 Å². The van der Waals surface area contributed by atoms with Gasteiger partial charge in [-0.1, -0.05) is 6.92 Å². The number of fused-ring (bicyclic) bond motifs is 1.